The SMILES string of the molecule is Cc1cc(F)cc(-c2cncc(C(=O)NC3(C(F)(F)F)CCCC3)c2N2CC[C@](C)(N)C2)c1. The van der Waals surface area contributed by atoms with Crippen molar-refractivity contribution in [2.45, 2.75) is 63.2 Å². The third kappa shape index (κ3) is 4.55. The molecule has 1 aromatic heterocycles. The minimum absolute atomic E-state index is 0.0302. The number of alkyl halides is 3. The van der Waals surface area contributed by atoms with Gasteiger partial charge in [0.2, 0.25) is 0 Å². The highest BCUT2D eigenvalue weighted by molar-refractivity contribution is 6.03. The fourth-order valence-electron chi connectivity index (χ4n) is 4.98. The molecule has 1 saturated carbocycles. The van der Waals surface area contributed by atoms with Crippen molar-refractivity contribution in [1.82, 2.24) is 10.3 Å². The molecule has 0 unspecified atom stereocenters. The number of nitrogens with zero attached hydrogens (tertiary/aromatic N) is 2. The number of hydrogen-bond donors (Lipinski definition) is 2. The summed E-state index contributed by atoms with van der Waals surface area (Å²) in [7, 11) is 0. The first-order valence-electron chi connectivity index (χ1n) is 11.1. The molecular formula is C24H28F4N4O. The lowest BCUT2D eigenvalue weighted by Gasteiger charge is -2.33. The Kier molecular flexibility index (Phi) is 5.88. The molecule has 1 aromatic carbocycles. The maximum Gasteiger partial charge on any atom is 0.411 e. The molecular weight excluding hydrogens is 436 g/mol. The Morgan fingerprint density at radius 3 is 2.42 bits per heavy atom. The molecule has 2 aromatic rings. The molecule has 0 spiro atoms. The minimum atomic E-state index is -4.56. The highest BCUT2D eigenvalue weighted by atomic mass is 19.4. The van der Waals surface area contributed by atoms with Gasteiger partial charge in [0, 0.05) is 36.6 Å². The first kappa shape index (κ1) is 23.5. The fraction of sp³-hybridized carbons (Fsp3) is 0.500. The third-order valence-corrected chi connectivity index (χ3v) is 6.69. The van der Waals surface area contributed by atoms with E-state index in [2.05, 4.69) is 10.3 Å². The molecule has 4 rings (SSSR count). The number of nitrogens with one attached hydrogen (secondary N) is 1. The Bertz CT molecular complexity index is 1040. The van der Waals surface area contributed by atoms with Crippen molar-refractivity contribution in [3.05, 3.63) is 47.5 Å². The van der Waals surface area contributed by atoms with Crippen LogP contribution in [0.2, 0.25) is 0 Å². The van der Waals surface area contributed by atoms with E-state index >= 15 is 0 Å². The van der Waals surface area contributed by atoms with E-state index < -0.39 is 29.0 Å². The van der Waals surface area contributed by atoms with Crippen LogP contribution < -0.4 is 16.0 Å². The van der Waals surface area contributed by atoms with Gasteiger partial charge in [-0.1, -0.05) is 18.9 Å². The second-order valence-corrected chi connectivity index (χ2v) is 9.67. The van der Waals surface area contributed by atoms with Crippen LogP contribution in [0.15, 0.2) is 30.6 Å². The second kappa shape index (κ2) is 8.27. The molecule has 2 aliphatic rings. The zero-order chi connectivity index (χ0) is 24.0. The second-order valence-electron chi connectivity index (χ2n) is 9.67. The molecule has 33 heavy (non-hydrogen) atoms. The van der Waals surface area contributed by atoms with Gasteiger partial charge in [-0.25, -0.2) is 4.39 Å². The predicted octanol–water partition coefficient (Wildman–Crippen LogP) is 4.73. The number of hydrogen-bond acceptors (Lipinski definition) is 4. The summed E-state index contributed by atoms with van der Waals surface area (Å²) >= 11 is 0. The van der Waals surface area contributed by atoms with Crippen LogP contribution in [0.3, 0.4) is 0 Å². The quantitative estimate of drug-likeness (QED) is 0.642. The van der Waals surface area contributed by atoms with Crippen LogP contribution in [0, 0.1) is 12.7 Å². The molecule has 1 atom stereocenters. The molecule has 1 aliphatic heterocycles. The number of benzene rings is 1. The van der Waals surface area contributed by atoms with Gasteiger partial charge in [0.25, 0.3) is 5.91 Å². The maximum absolute atomic E-state index is 14.2. The van der Waals surface area contributed by atoms with Crippen molar-refractivity contribution in [3.63, 3.8) is 0 Å². The Balaban J connectivity index is 1.82. The standard InChI is InChI=1S/C24H28F4N4O/c1-15-9-16(11-17(25)10-15)18-12-30-13-19(20(18)32-8-7-22(2,29)14-32)21(33)31-23(24(26,27)28)5-3-4-6-23/h9-13H,3-8,14,29H2,1-2H3,(H,31,33)/t22-/m0/s1. The maximum atomic E-state index is 14.2. The van der Waals surface area contributed by atoms with Gasteiger partial charge < -0.3 is 16.0 Å². The summed E-state index contributed by atoms with van der Waals surface area (Å²) in [5, 5.41) is 2.30. The van der Waals surface area contributed by atoms with E-state index in [-0.39, 0.29) is 18.4 Å². The van der Waals surface area contributed by atoms with E-state index in [1.54, 1.807) is 13.0 Å². The lowest BCUT2D eigenvalue weighted by atomic mass is 9.95. The number of carbonyl (C=O) groups excluding carboxylic acids is 1. The molecule has 178 valence electrons. The topological polar surface area (TPSA) is 71.2 Å². The van der Waals surface area contributed by atoms with Crippen LogP contribution in [0.5, 0.6) is 0 Å². The van der Waals surface area contributed by atoms with Crippen molar-refractivity contribution in [2.75, 3.05) is 18.0 Å². The van der Waals surface area contributed by atoms with Gasteiger partial charge in [-0.15, -0.1) is 0 Å². The van der Waals surface area contributed by atoms with Crippen molar-refractivity contribution in [3.8, 4) is 11.1 Å². The van der Waals surface area contributed by atoms with Gasteiger partial charge in [-0.05, 0) is 56.4 Å². The summed E-state index contributed by atoms with van der Waals surface area (Å²) in [6.45, 7) is 4.55. The largest absolute Gasteiger partial charge is 0.411 e. The Morgan fingerprint density at radius 2 is 1.85 bits per heavy atom. The molecule has 0 radical (unpaired) electrons. The number of amides is 1. The molecule has 1 amide bonds. The zero-order valence-electron chi connectivity index (χ0n) is 18.7. The average Bonchev–Trinajstić information content (AvgIpc) is 3.33. The number of rotatable bonds is 4. The van der Waals surface area contributed by atoms with Crippen LogP contribution in [0.1, 0.15) is 54.9 Å². The summed E-state index contributed by atoms with van der Waals surface area (Å²) in [6.07, 6.45) is -0.641. The molecule has 1 aliphatic carbocycles. The first-order valence-corrected chi connectivity index (χ1v) is 11.1. The highest BCUT2D eigenvalue weighted by Gasteiger charge is 2.57. The number of pyridine rings is 1. The van der Waals surface area contributed by atoms with Crippen LogP contribution in [-0.2, 0) is 0 Å². The summed E-state index contributed by atoms with van der Waals surface area (Å²) in [4.78, 5) is 19.4. The minimum Gasteiger partial charge on any atom is -0.368 e. The lowest BCUT2D eigenvalue weighted by molar-refractivity contribution is -0.191. The van der Waals surface area contributed by atoms with Crippen molar-refractivity contribution < 1.29 is 22.4 Å². The Hall–Kier alpha value is -2.68. The van der Waals surface area contributed by atoms with E-state index in [0.29, 0.717) is 54.7 Å². The monoisotopic (exact) mass is 464 g/mol. The highest BCUT2D eigenvalue weighted by Crippen LogP contribution is 2.44. The van der Waals surface area contributed by atoms with E-state index in [9.17, 15) is 22.4 Å². The molecule has 1 saturated heterocycles. The van der Waals surface area contributed by atoms with Crippen LogP contribution >= 0.6 is 0 Å². The van der Waals surface area contributed by atoms with Crippen LogP contribution in [0.4, 0.5) is 23.2 Å². The zero-order valence-corrected chi connectivity index (χ0v) is 18.7. The fourth-order valence-corrected chi connectivity index (χ4v) is 4.98. The van der Waals surface area contributed by atoms with E-state index in [1.165, 1.54) is 24.5 Å². The van der Waals surface area contributed by atoms with Gasteiger partial charge >= 0.3 is 6.18 Å². The van der Waals surface area contributed by atoms with E-state index in [4.69, 9.17) is 5.73 Å². The van der Waals surface area contributed by atoms with E-state index in [1.807, 2.05) is 11.8 Å². The normalized spacial score (nSPS) is 22.6. The van der Waals surface area contributed by atoms with Crippen molar-refractivity contribution in [1.29, 1.82) is 0 Å². The predicted molar refractivity (Wildman–Crippen MR) is 119 cm³/mol. The smallest absolute Gasteiger partial charge is 0.368 e. The molecule has 3 N–H and O–H groups in total. The third-order valence-electron chi connectivity index (χ3n) is 6.69. The molecule has 2 fully saturated rings. The van der Waals surface area contributed by atoms with Gasteiger partial charge in [0.05, 0.1) is 11.3 Å². The average molecular weight is 465 g/mol. The molecule has 0 bridgehead atoms. The molecule has 9 heteroatoms. The van der Waals surface area contributed by atoms with Gasteiger partial charge in [0.15, 0.2) is 0 Å². The lowest BCUT2D eigenvalue weighted by Crippen LogP contribution is -2.57. The van der Waals surface area contributed by atoms with Crippen LogP contribution in [-0.4, -0.2) is 41.2 Å². The number of aromatic nitrogens is 1. The van der Waals surface area contributed by atoms with Gasteiger partial charge in [0.1, 0.15) is 11.4 Å². The van der Waals surface area contributed by atoms with Gasteiger partial charge in [-0.3, -0.25) is 9.78 Å². The summed E-state index contributed by atoms with van der Waals surface area (Å²) in [5.41, 5.74) is 5.66. The molecule has 5 nitrogen and oxygen atoms in total. The van der Waals surface area contributed by atoms with Gasteiger partial charge in [-0.2, -0.15) is 13.2 Å². The van der Waals surface area contributed by atoms with Crippen molar-refractivity contribution >= 4 is 11.6 Å². The molecule has 2 heterocycles. The Morgan fingerprint density at radius 1 is 1.15 bits per heavy atom. The number of nitrogens with two attached hydrogens (primary N) is 1. The number of aryl methyl sites for hydroxylation is 1. The van der Waals surface area contributed by atoms with Crippen molar-refractivity contribution in [2.24, 2.45) is 5.73 Å². The number of halogens is 4. The first-order chi connectivity index (χ1) is 15.4. The number of carbonyl (C=O) groups is 1. The van der Waals surface area contributed by atoms with Crippen LogP contribution in [0.25, 0.3) is 11.1 Å². The summed E-state index contributed by atoms with van der Waals surface area (Å²) < 4.78 is 56.0. The number of anilines is 1. The summed E-state index contributed by atoms with van der Waals surface area (Å²) in [5.74, 6) is -1.28. The van der Waals surface area contributed by atoms with E-state index in [0.717, 1.165) is 0 Å². The Labute approximate surface area is 190 Å². The summed E-state index contributed by atoms with van der Waals surface area (Å²) in [6, 6.07) is 4.48.